The standard InChI is InChI=1S/C15H19Cl2FN2O/c1-9(14-11(16)3-4-12(18)15(14)17)20-13(21)5-2-10-6-7-19-8-10/h3-4,9-10,19H,2,5-8H2,1H3,(H,20,21). The fourth-order valence-electron chi connectivity index (χ4n) is 2.62. The molecular formula is C15H19Cl2FN2O. The van der Waals surface area contributed by atoms with Gasteiger partial charge in [-0.1, -0.05) is 23.2 Å². The first-order valence-electron chi connectivity index (χ1n) is 7.12. The molecule has 0 aliphatic carbocycles. The van der Waals surface area contributed by atoms with E-state index in [0.717, 1.165) is 25.9 Å². The molecule has 1 heterocycles. The number of hydrogen-bond donors (Lipinski definition) is 2. The maximum Gasteiger partial charge on any atom is 0.220 e. The molecule has 0 saturated carbocycles. The molecule has 1 aromatic carbocycles. The van der Waals surface area contributed by atoms with Crippen molar-refractivity contribution in [3.05, 3.63) is 33.6 Å². The Hall–Kier alpha value is -0.840. The first-order valence-corrected chi connectivity index (χ1v) is 7.88. The van der Waals surface area contributed by atoms with E-state index in [-0.39, 0.29) is 10.9 Å². The van der Waals surface area contributed by atoms with Crippen LogP contribution in [0.15, 0.2) is 12.1 Å². The Kier molecular flexibility index (Phi) is 5.85. The largest absolute Gasteiger partial charge is 0.349 e. The van der Waals surface area contributed by atoms with Crippen molar-refractivity contribution in [1.82, 2.24) is 10.6 Å². The predicted octanol–water partition coefficient (Wildman–Crippen LogP) is 3.70. The van der Waals surface area contributed by atoms with Crippen LogP contribution in [0.4, 0.5) is 4.39 Å². The van der Waals surface area contributed by atoms with Gasteiger partial charge in [0, 0.05) is 17.0 Å². The number of nitrogens with one attached hydrogen (secondary N) is 2. The Morgan fingerprint density at radius 2 is 2.29 bits per heavy atom. The average Bonchev–Trinajstić information content (AvgIpc) is 2.94. The third-order valence-electron chi connectivity index (χ3n) is 3.83. The summed E-state index contributed by atoms with van der Waals surface area (Å²) in [4.78, 5) is 12.0. The van der Waals surface area contributed by atoms with Gasteiger partial charge in [-0.25, -0.2) is 4.39 Å². The van der Waals surface area contributed by atoms with Gasteiger partial charge in [0.15, 0.2) is 0 Å². The molecule has 2 atom stereocenters. The van der Waals surface area contributed by atoms with Gasteiger partial charge < -0.3 is 10.6 Å². The summed E-state index contributed by atoms with van der Waals surface area (Å²) >= 11 is 12.0. The SMILES string of the molecule is CC(NC(=O)CCC1CCNC1)c1c(Cl)ccc(F)c1Cl. The topological polar surface area (TPSA) is 41.1 Å². The third kappa shape index (κ3) is 4.31. The van der Waals surface area contributed by atoms with Crippen LogP contribution in [0.5, 0.6) is 0 Å². The van der Waals surface area contributed by atoms with Gasteiger partial charge in [-0.2, -0.15) is 0 Å². The summed E-state index contributed by atoms with van der Waals surface area (Å²) in [6, 6.07) is 2.25. The minimum atomic E-state index is -0.533. The van der Waals surface area contributed by atoms with E-state index in [2.05, 4.69) is 10.6 Å². The fourth-order valence-corrected chi connectivity index (χ4v) is 3.32. The van der Waals surface area contributed by atoms with E-state index in [0.29, 0.717) is 22.9 Å². The third-order valence-corrected chi connectivity index (χ3v) is 4.55. The molecule has 1 amide bonds. The number of rotatable bonds is 5. The van der Waals surface area contributed by atoms with Crippen LogP contribution < -0.4 is 10.6 Å². The van der Waals surface area contributed by atoms with Crippen LogP contribution in [-0.2, 0) is 4.79 Å². The zero-order valence-electron chi connectivity index (χ0n) is 11.9. The molecule has 0 bridgehead atoms. The molecule has 21 heavy (non-hydrogen) atoms. The lowest BCUT2D eigenvalue weighted by Crippen LogP contribution is -2.27. The first kappa shape index (κ1) is 16.5. The van der Waals surface area contributed by atoms with Crippen molar-refractivity contribution in [2.45, 2.75) is 32.2 Å². The number of benzene rings is 1. The second kappa shape index (κ2) is 7.43. The van der Waals surface area contributed by atoms with Gasteiger partial charge in [0.1, 0.15) is 5.82 Å². The van der Waals surface area contributed by atoms with Crippen molar-refractivity contribution in [3.63, 3.8) is 0 Å². The molecule has 2 unspecified atom stereocenters. The summed E-state index contributed by atoms with van der Waals surface area (Å²) in [6.07, 6.45) is 2.43. The highest BCUT2D eigenvalue weighted by Crippen LogP contribution is 2.32. The summed E-state index contributed by atoms with van der Waals surface area (Å²) in [6.45, 7) is 3.75. The summed E-state index contributed by atoms with van der Waals surface area (Å²) in [7, 11) is 0. The van der Waals surface area contributed by atoms with Crippen molar-refractivity contribution in [1.29, 1.82) is 0 Å². The van der Waals surface area contributed by atoms with Gasteiger partial charge in [-0.15, -0.1) is 0 Å². The lowest BCUT2D eigenvalue weighted by molar-refractivity contribution is -0.122. The first-order chi connectivity index (χ1) is 9.99. The highest BCUT2D eigenvalue weighted by atomic mass is 35.5. The lowest BCUT2D eigenvalue weighted by Gasteiger charge is -2.18. The Labute approximate surface area is 134 Å². The number of carbonyl (C=O) groups excluding carboxylic acids is 1. The van der Waals surface area contributed by atoms with Crippen LogP contribution in [0.2, 0.25) is 10.0 Å². The van der Waals surface area contributed by atoms with Crippen molar-refractivity contribution in [2.75, 3.05) is 13.1 Å². The predicted molar refractivity (Wildman–Crippen MR) is 83.2 cm³/mol. The minimum absolute atomic E-state index is 0.0321. The van der Waals surface area contributed by atoms with Crippen molar-refractivity contribution in [3.8, 4) is 0 Å². The quantitative estimate of drug-likeness (QED) is 0.807. The highest BCUT2D eigenvalue weighted by Gasteiger charge is 2.20. The normalized spacial score (nSPS) is 19.5. The molecule has 0 radical (unpaired) electrons. The van der Waals surface area contributed by atoms with E-state index in [1.165, 1.54) is 12.1 Å². The van der Waals surface area contributed by atoms with Crippen LogP contribution in [0, 0.1) is 11.7 Å². The molecule has 0 aromatic heterocycles. The van der Waals surface area contributed by atoms with E-state index in [9.17, 15) is 9.18 Å². The summed E-state index contributed by atoms with van der Waals surface area (Å²) in [5.41, 5.74) is 0.425. The number of halogens is 3. The Morgan fingerprint density at radius 3 is 2.95 bits per heavy atom. The molecule has 1 aliphatic heterocycles. The van der Waals surface area contributed by atoms with E-state index in [1.54, 1.807) is 6.92 Å². The molecule has 0 spiro atoms. The monoisotopic (exact) mass is 332 g/mol. The van der Waals surface area contributed by atoms with Gasteiger partial charge in [0.2, 0.25) is 5.91 Å². The summed E-state index contributed by atoms with van der Waals surface area (Å²) < 4.78 is 13.5. The molecule has 1 aromatic rings. The molecule has 116 valence electrons. The van der Waals surface area contributed by atoms with Crippen LogP contribution in [0.1, 0.15) is 37.8 Å². The smallest absolute Gasteiger partial charge is 0.220 e. The second-order valence-corrected chi connectivity index (χ2v) is 6.23. The molecular weight excluding hydrogens is 314 g/mol. The van der Waals surface area contributed by atoms with Gasteiger partial charge in [0.25, 0.3) is 0 Å². The molecule has 2 N–H and O–H groups in total. The molecule has 1 saturated heterocycles. The van der Waals surface area contributed by atoms with E-state index < -0.39 is 11.9 Å². The molecule has 2 rings (SSSR count). The van der Waals surface area contributed by atoms with Crippen molar-refractivity contribution in [2.24, 2.45) is 5.92 Å². The fraction of sp³-hybridized carbons (Fsp3) is 0.533. The second-order valence-electron chi connectivity index (χ2n) is 5.44. The average molecular weight is 333 g/mol. The summed E-state index contributed by atoms with van der Waals surface area (Å²) in [5.74, 6) is -0.0348. The Balaban J connectivity index is 1.92. The van der Waals surface area contributed by atoms with Crippen LogP contribution in [-0.4, -0.2) is 19.0 Å². The van der Waals surface area contributed by atoms with Crippen LogP contribution in [0.25, 0.3) is 0 Å². The van der Waals surface area contributed by atoms with Crippen LogP contribution >= 0.6 is 23.2 Å². The zero-order valence-corrected chi connectivity index (χ0v) is 13.4. The zero-order chi connectivity index (χ0) is 15.4. The molecule has 1 aliphatic rings. The molecule has 3 nitrogen and oxygen atoms in total. The molecule has 6 heteroatoms. The van der Waals surface area contributed by atoms with Crippen molar-refractivity contribution < 1.29 is 9.18 Å². The van der Waals surface area contributed by atoms with Crippen LogP contribution in [0.3, 0.4) is 0 Å². The van der Waals surface area contributed by atoms with E-state index in [4.69, 9.17) is 23.2 Å². The van der Waals surface area contributed by atoms with Gasteiger partial charge >= 0.3 is 0 Å². The van der Waals surface area contributed by atoms with E-state index >= 15 is 0 Å². The van der Waals surface area contributed by atoms with Gasteiger partial charge in [-0.3, -0.25) is 4.79 Å². The maximum atomic E-state index is 13.5. The number of hydrogen-bond acceptors (Lipinski definition) is 2. The minimum Gasteiger partial charge on any atom is -0.349 e. The Morgan fingerprint density at radius 1 is 1.52 bits per heavy atom. The highest BCUT2D eigenvalue weighted by molar-refractivity contribution is 6.36. The van der Waals surface area contributed by atoms with Gasteiger partial charge in [-0.05, 0) is 50.9 Å². The lowest BCUT2D eigenvalue weighted by atomic mass is 10.0. The summed E-state index contributed by atoms with van der Waals surface area (Å²) in [5, 5.41) is 6.43. The number of amides is 1. The Bertz CT molecular complexity index is 519. The maximum absolute atomic E-state index is 13.5. The number of carbonyl (C=O) groups is 1. The van der Waals surface area contributed by atoms with Crippen molar-refractivity contribution >= 4 is 29.1 Å². The molecule has 1 fully saturated rings. The van der Waals surface area contributed by atoms with E-state index in [1.807, 2.05) is 0 Å². The van der Waals surface area contributed by atoms with Gasteiger partial charge in [0.05, 0.1) is 11.1 Å².